The van der Waals surface area contributed by atoms with Crippen molar-refractivity contribution in [1.82, 2.24) is 4.90 Å². The van der Waals surface area contributed by atoms with Gasteiger partial charge in [0, 0.05) is 12.6 Å². The summed E-state index contributed by atoms with van der Waals surface area (Å²) in [4.78, 5) is 13.6. The molecule has 92 valence electrons. The summed E-state index contributed by atoms with van der Waals surface area (Å²) in [5.41, 5.74) is 5.40. The third kappa shape index (κ3) is 2.63. The Bertz CT molecular complexity index is 276. The van der Waals surface area contributed by atoms with Gasteiger partial charge in [0.25, 0.3) is 0 Å². The molecule has 16 heavy (non-hydrogen) atoms. The molecule has 0 spiro atoms. The average molecular weight is 229 g/mol. The standard InChI is InChI=1S/C10H19N3O3/c1-7(9(11)12-16)10(15)13(5-6-14)8-3-2-4-8/h7-8,14,16H,2-6H2,1H3,(H2,11,12). The van der Waals surface area contributed by atoms with Crippen molar-refractivity contribution in [2.24, 2.45) is 16.8 Å². The van der Waals surface area contributed by atoms with Gasteiger partial charge in [-0.1, -0.05) is 5.16 Å². The molecule has 0 aromatic carbocycles. The Kier molecular flexibility index (Phi) is 4.54. The predicted octanol–water partition coefficient (Wildman–Crippen LogP) is -0.258. The van der Waals surface area contributed by atoms with Gasteiger partial charge in [-0.05, 0) is 26.2 Å². The van der Waals surface area contributed by atoms with Crippen LogP contribution in [0.3, 0.4) is 0 Å². The van der Waals surface area contributed by atoms with Gasteiger partial charge in [-0.2, -0.15) is 0 Å². The molecular formula is C10H19N3O3. The van der Waals surface area contributed by atoms with Gasteiger partial charge in [0.2, 0.25) is 5.91 Å². The average Bonchev–Trinajstić information content (AvgIpc) is 2.23. The Morgan fingerprint density at radius 2 is 2.25 bits per heavy atom. The molecule has 1 amide bonds. The van der Waals surface area contributed by atoms with Crippen molar-refractivity contribution in [3.8, 4) is 0 Å². The number of carbonyl (C=O) groups excluding carboxylic acids is 1. The molecule has 1 saturated carbocycles. The van der Waals surface area contributed by atoms with Gasteiger partial charge in [0.05, 0.1) is 12.5 Å². The van der Waals surface area contributed by atoms with Gasteiger partial charge in [-0.15, -0.1) is 0 Å². The maximum atomic E-state index is 12.0. The molecule has 6 nitrogen and oxygen atoms in total. The second-order valence-corrected chi connectivity index (χ2v) is 4.09. The van der Waals surface area contributed by atoms with Gasteiger partial charge in [0.1, 0.15) is 0 Å². The summed E-state index contributed by atoms with van der Waals surface area (Å²) in [6.07, 6.45) is 3.04. The van der Waals surface area contributed by atoms with E-state index < -0.39 is 5.92 Å². The van der Waals surface area contributed by atoms with Crippen LogP contribution in [0.1, 0.15) is 26.2 Å². The number of hydrogen-bond donors (Lipinski definition) is 3. The SMILES string of the molecule is CC(C(=O)N(CCO)C1CCC1)C(N)=NO. The fourth-order valence-corrected chi connectivity index (χ4v) is 1.74. The molecule has 1 aliphatic rings. The van der Waals surface area contributed by atoms with E-state index in [4.69, 9.17) is 16.0 Å². The number of aliphatic hydroxyl groups is 1. The summed E-state index contributed by atoms with van der Waals surface area (Å²) in [6.45, 7) is 1.85. The van der Waals surface area contributed by atoms with Crippen molar-refractivity contribution in [3.05, 3.63) is 0 Å². The lowest BCUT2D eigenvalue weighted by Gasteiger charge is -2.38. The molecule has 0 aliphatic heterocycles. The van der Waals surface area contributed by atoms with Crippen LogP contribution < -0.4 is 5.73 Å². The van der Waals surface area contributed by atoms with Crippen LogP contribution >= 0.6 is 0 Å². The molecule has 6 heteroatoms. The number of hydrogen-bond acceptors (Lipinski definition) is 4. The highest BCUT2D eigenvalue weighted by Crippen LogP contribution is 2.25. The van der Waals surface area contributed by atoms with E-state index in [2.05, 4.69) is 5.16 Å². The summed E-state index contributed by atoms with van der Waals surface area (Å²) >= 11 is 0. The van der Waals surface area contributed by atoms with Crippen molar-refractivity contribution in [1.29, 1.82) is 0 Å². The number of aliphatic hydroxyl groups excluding tert-OH is 1. The molecule has 1 rings (SSSR count). The first kappa shape index (κ1) is 12.8. The van der Waals surface area contributed by atoms with Crippen molar-refractivity contribution in [3.63, 3.8) is 0 Å². The van der Waals surface area contributed by atoms with Crippen LogP contribution in [0.5, 0.6) is 0 Å². The number of amides is 1. The van der Waals surface area contributed by atoms with Crippen molar-refractivity contribution >= 4 is 11.7 Å². The second kappa shape index (κ2) is 5.69. The molecule has 0 aromatic heterocycles. The minimum atomic E-state index is -0.642. The molecule has 0 saturated heterocycles. The van der Waals surface area contributed by atoms with E-state index >= 15 is 0 Å². The Labute approximate surface area is 94.7 Å². The monoisotopic (exact) mass is 229 g/mol. The number of oxime groups is 1. The first-order valence-corrected chi connectivity index (χ1v) is 5.50. The van der Waals surface area contributed by atoms with Crippen LogP contribution in [0, 0.1) is 5.92 Å². The van der Waals surface area contributed by atoms with Crippen LogP contribution in [0.4, 0.5) is 0 Å². The lowest BCUT2D eigenvalue weighted by atomic mass is 9.90. The van der Waals surface area contributed by atoms with Crippen LogP contribution in [0.15, 0.2) is 5.16 Å². The van der Waals surface area contributed by atoms with Crippen molar-refractivity contribution in [2.75, 3.05) is 13.2 Å². The summed E-state index contributed by atoms with van der Waals surface area (Å²) in [5, 5.41) is 20.3. The van der Waals surface area contributed by atoms with Gasteiger partial charge in [0.15, 0.2) is 5.84 Å². The van der Waals surface area contributed by atoms with E-state index in [1.165, 1.54) is 0 Å². The molecule has 0 radical (unpaired) electrons. The zero-order chi connectivity index (χ0) is 12.1. The van der Waals surface area contributed by atoms with Crippen LogP contribution in [0.2, 0.25) is 0 Å². The van der Waals surface area contributed by atoms with E-state index in [1.54, 1.807) is 11.8 Å². The van der Waals surface area contributed by atoms with E-state index in [9.17, 15) is 4.79 Å². The minimum Gasteiger partial charge on any atom is -0.409 e. The predicted molar refractivity (Wildman–Crippen MR) is 59.0 cm³/mol. The highest BCUT2D eigenvalue weighted by Gasteiger charge is 2.32. The Hall–Kier alpha value is -1.30. The van der Waals surface area contributed by atoms with Crippen molar-refractivity contribution in [2.45, 2.75) is 32.2 Å². The molecule has 1 aliphatic carbocycles. The minimum absolute atomic E-state index is 0.0644. The molecular weight excluding hydrogens is 210 g/mol. The van der Waals surface area contributed by atoms with Crippen molar-refractivity contribution < 1.29 is 15.1 Å². The number of carbonyl (C=O) groups is 1. The number of nitrogens with two attached hydrogens (primary N) is 1. The Morgan fingerprint density at radius 3 is 2.62 bits per heavy atom. The smallest absolute Gasteiger partial charge is 0.233 e. The number of rotatable bonds is 5. The highest BCUT2D eigenvalue weighted by molar-refractivity contribution is 6.01. The molecule has 4 N–H and O–H groups in total. The molecule has 0 bridgehead atoms. The normalized spacial score (nSPS) is 19.0. The quantitative estimate of drug-likeness (QED) is 0.262. The topological polar surface area (TPSA) is 99.2 Å². The first-order chi connectivity index (χ1) is 7.61. The Balaban J connectivity index is 2.66. The maximum Gasteiger partial charge on any atom is 0.233 e. The van der Waals surface area contributed by atoms with E-state index in [1.807, 2.05) is 0 Å². The molecule has 0 heterocycles. The molecule has 1 unspecified atom stereocenters. The van der Waals surface area contributed by atoms with Gasteiger partial charge in [-0.25, -0.2) is 0 Å². The van der Waals surface area contributed by atoms with Gasteiger partial charge in [-0.3, -0.25) is 4.79 Å². The molecule has 0 aromatic rings. The Morgan fingerprint density at radius 1 is 1.62 bits per heavy atom. The lowest BCUT2D eigenvalue weighted by Crippen LogP contribution is -2.49. The summed E-state index contributed by atoms with van der Waals surface area (Å²) in [5.74, 6) is -0.918. The third-order valence-corrected chi connectivity index (χ3v) is 3.07. The fraction of sp³-hybridized carbons (Fsp3) is 0.800. The van der Waals surface area contributed by atoms with E-state index in [-0.39, 0.29) is 24.4 Å². The molecule has 1 atom stereocenters. The fourth-order valence-electron chi connectivity index (χ4n) is 1.74. The summed E-state index contributed by atoms with van der Waals surface area (Å²) in [7, 11) is 0. The largest absolute Gasteiger partial charge is 0.409 e. The van der Waals surface area contributed by atoms with E-state index in [0.29, 0.717) is 6.54 Å². The van der Waals surface area contributed by atoms with Crippen LogP contribution in [0.25, 0.3) is 0 Å². The van der Waals surface area contributed by atoms with Crippen LogP contribution in [-0.4, -0.2) is 46.1 Å². The number of nitrogens with zero attached hydrogens (tertiary/aromatic N) is 2. The maximum absolute atomic E-state index is 12.0. The lowest BCUT2D eigenvalue weighted by molar-refractivity contribution is -0.137. The molecule has 1 fully saturated rings. The zero-order valence-electron chi connectivity index (χ0n) is 9.46. The van der Waals surface area contributed by atoms with E-state index in [0.717, 1.165) is 19.3 Å². The highest BCUT2D eigenvalue weighted by atomic mass is 16.4. The number of amidine groups is 1. The third-order valence-electron chi connectivity index (χ3n) is 3.07. The first-order valence-electron chi connectivity index (χ1n) is 5.50. The van der Waals surface area contributed by atoms with Gasteiger partial charge < -0.3 is 20.9 Å². The zero-order valence-corrected chi connectivity index (χ0v) is 9.46. The second-order valence-electron chi connectivity index (χ2n) is 4.09. The summed E-state index contributed by atoms with van der Waals surface area (Å²) < 4.78 is 0. The summed E-state index contributed by atoms with van der Waals surface area (Å²) in [6, 6.07) is 0.202. The van der Waals surface area contributed by atoms with Crippen LogP contribution in [-0.2, 0) is 4.79 Å². The van der Waals surface area contributed by atoms with Gasteiger partial charge >= 0.3 is 0 Å².